The first kappa shape index (κ1) is 13.6. The predicted molar refractivity (Wildman–Crippen MR) is 84.3 cm³/mol. The summed E-state index contributed by atoms with van der Waals surface area (Å²) < 4.78 is 7.40. The zero-order chi connectivity index (χ0) is 14.5. The summed E-state index contributed by atoms with van der Waals surface area (Å²) in [6, 6.07) is 14.3. The number of nitrogens with zero attached hydrogens (tertiary/aromatic N) is 2. The van der Waals surface area contributed by atoms with Crippen LogP contribution in [0.5, 0.6) is 0 Å². The van der Waals surface area contributed by atoms with E-state index in [1.165, 1.54) is 11.1 Å². The van der Waals surface area contributed by atoms with Crippen molar-refractivity contribution >= 4 is 11.2 Å². The van der Waals surface area contributed by atoms with Crippen LogP contribution in [-0.2, 0) is 17.9 Å². The van der Waals surface area contributed by atoms with Gasteiger partial charge in [-0.1, -0.05) is 24.3 Å². The summed E-state index contributed by atoms with van der Waals surface area (Å²) in [6.45, 7) is 4.11. The van der Waals surface area contributed by atoms with Crippen molar-refractivity contribution in [2.24, 2.45) is 0 Å². The van der Waals surface area contributed by atoms with Gasteiger partial charge in [-0.2, -0.15) is 5.10 Å². The van der Waals surface area contributed by atoms with Gasteiger partial charge in [0.05, 0.1) is 18.3 Å². The van der Waals surface area contributed by atoms with Crippen molar-refractivity contribution in [3.63, 3.8) is 0 Å². The predicted octanol–water partition coefficient (Wildman–Crippen LogP) is 3.48. The fourth-order valence-electron chi connectivity index (χ4n) is 2.34. The van der Waals surface area contributed by atoms with Crippen molar-refractivity contribution in [2.75, 3.05) is 11.9 Å². The van der Waals surface area contributed by atoms with Crippen LogP contribution in [0.15, 0.2) is 54.9 Å². The molecule has 4 nitrogen and oxygen atoms in total. The Bertz CT molecular complexity index is 721. The van der Waals surface area contributed by atoms with Gasteiger partial charge in [-0.15, -0.1) is 0 Å². The summed E-state index contributed by atoms with van der Waals surface area (Å²) in [5.41, 5.74) is 4.60. The standard InChI is InChI=1S/C17H19N3O/c1-2-21-13-14-7-3-4-8-16(14)18-11-15-12-19-20-10-6-5-9-17(15)20/h3-10,12,18H,2,11,13H2,1H3. The fourth-order valence-corrected chi connectivity index (χ4v) is 2.34. The van der Waals surface area contributed by atoms with E-state index in [0.29, 0.717) is 6.61 Å². The molecule has 3 aromatic rings. The Morgan fingerprint density at radius 3 is 2.86 bits per heavy atom. The number of rotatable bonds is 6. The molecule has 2 heterocycles. The molecule has 21 heavy (non-hydrogen) atoms. The van der Waals surface area contributed by atoms with Crippen LogP contribution >= 0.6 is 0 Å². The lowest BCUT2D eigenvalue weighted by molar-refractivity contribution is 0.134. The van der Waals surface area contributed by atoms with E-state index in [9.17, 15) is 0 Å². The highest BCUT2D eigenvalue weighted by molar-refractivity contribution is 5.57. The van der Waals surface area contributed by atoms with E-state index in [2.05, 4.69) is 28.6 Å². The van der Waals surface area contributed by atoms with Crippen LogP contribution in [0.25, 0.3) is 5.52 Å². The van der Waals surface area contributed by atoms with Crippen LogP contribution in [0.3, 0.4) is 0 Å². The summed E-state index contributed by atoms with van der Waals surface area (Å²) in [6.07, 6.45) is 3.87. The maximum absolute atomic E-state index is 5.51. The minimum Gasteiger partial charge on any atom is -0.381 e. The maximum atomic E-state index is 5.51. The summed E-state index contributed by atoms with van der Waals surface area (Å²) in [7, 11) is 0. The van der Waals surface area contributed by atoms with Crippen molar-refractivity contribution in [1.29, 1.82) is 0 Å². The van der Waals surface area contributed by atoms with Crippen molar-refractivity contribution in [2.45, 2.75) is 20.1 Å². The van der Waals surface area contributed by atoms with Gasteiger partial charge < -0.3 is 10.1 Å². The molecule has 1 aromatic carbocycles. The molecule has 0 atom stereocenters. The van der Waals surface area contributed by atoms with Crippen molar-refractivity contribution in [3.05, 3.63) is 66.0 Å². The van der Waals surface area contributed by atoms with Crippen LogP contribution in [-0.4, -0.2) is 16.2 Å². The second kappa shape index (κ2) is 6.41. The molecular weight excluding hydrogens is 262 g/mol. The largest absolute Gasteiger partial charge is 0.381 e. The van der Waals surface area contributed by atoms with E-state index >= 15 is 0 Å². The van der Waals surface area contributed by atoms with Gasteiger partial charge in [0, 0.05) is 36.2 Å². The van der Waals surface area contributed by atoms with Crippen LogP contribution in [0.1, 0.15) is 18.1 Å². The van der Waals surface area contributed by atoms with Crippen LogP contribution < -0.4 is 5.32 Å². The number of benzene rings is 1. The van der Waals surface area contributed by atoms with Gasteiger partial charge >= 0.3 is 0 Å². The number of para-hydroxylation sites is 1. The van der Waals surface area contributed by atoms with Crippen molar-refractivity contribution < 1.29 is 4.74 Å². The molecule has 0 aliphatic heterocycles. The second-order valence-corrected chi connectivity index (χ2v) is 4.85. The molecule has 0 saturated carbocycles. The number of pyridine rings is 1. The molecule has 0 unspecified atom stereocenters. The minimum absolute atomic E-state index is 0.633. The maximum Gasteiger partial charge on any atom is 0.0736 e. The highest BCUT2D eigenvalue weighted by Gasteiger charge is 2.05. The Labute approximate surface area is 124 Å². The molecule has 0 radical (unpaired) electrons. The first-order valence-corrected chi connectivity index (χ1v) is 7.19. The summed E-state index contributed by atoms with van der Waals surface area (Å²) in [5.74, 6) is 0. The fraction of sp³-hybridized carbons (Fsp3) is 0.235. The van der Waals surface area contributed by atoms with E-state index < -0.39 is 0 Å². The topological polar surface area (TPSA) is 38.6 Å². The molecule has 1 N–H and O–H groups in total. The first-order chi connectivity index (χ1) is 10.4. The number of nitrogens with one attached hydrogen (secondary N) is 1. The molecule has 0 spiro atoms. The van der Waals surface area contributed by atoms with Gasteiger partial charge in [0.15, 0.2) is 0 Å². The lowest BCUT2D eigenvalue weighted by Crippen LogP contribution is -2.03. The molecule has 3 rings (SSSR count). The van der Waals surface area contributed by atoms with Crippen LogP contribution in [0.4, 0.5) is 5.69 Å². The first-order valence-electron chi connectivity index (χ1n) is 7.19. The number of hydrogen-bond acceptors (Lipinski definition) is 3. The number of fused-ring (bicyclic) bond motifs is 1. The average molecular weight is 281 g/mol. The lowest BCUT2D eigenvalue weighted by Gasteiger charge is -2.11. The van der Waals surface area contributed by atoms with Crippen LogP contribution in [0.2, 0.25) is 0 Å². The number of hydrogen-bond donors (Lipinski definition) is 1. The highest BCUT2D eigenvalue weighted by Crippen LogP contribution is 2.18. The lowest BCUT2D eigenvalue weighted by atomic mass is 10.1. The SMILES string of the molecule is CCOCc1ccccc1NCc1cnn2ccccc12. The molecule has 2 aromatic heterocycles. The normalized spacial score (nSPS) is 10.9. The zero-order valence-corrected chi connectivity index (χ0v) is 12.1. The molecule has 0 aliphatic rings. The van der Waals surface area contributed by atoms with E-state index in [4.69, 9.17) is 4.74 Å². The van der Waals surface area contributed by atoms with Gasteiger partial charge in [0.25, 0.3) is 0 Å². The Balaban J connectivity index is 1.75. The highest BCUT2D eigenvalue weighted by atomic mass is 16.5. The molecule has 0 fully saturated rings. The number of aromatic nitrogens is 2. The number of ether oxygens (including phenoxy) is 1. The van der Waals surface area contributed by atoms with E-state index in [1.807, 2.05) is 48.1 Å². The summed E-state index contributed by atoms with van der Waals surface area (Å²) >= 11 is 0. The van der Waals surface area contributed by atoms with Crippen molar-refractivity contribution in [3.8, 4) is 0 Å². The van der Waals surface area contributed by atoms with Gasteiger partial charge in [-0.05, 0) is 25.1 Å². The Morgan fingerprint density at radius 1 is 1.10 bits per heavy atom. The Morgan fingerprint density at radius 2 is 1.95 bits per heavy atom. The summed E-state index contributed by atoms with van der Waals surface area (Å²) in [4.78, 5) is 0. The molecule has 0 bridgehead atoms. The third-order valence-electron chi connectivity index (χ3n) is 3.45. The Hall–Kier alpha value is -2.33. The molecule has 4 heteroatoms. The molecule has 0 amide bonds. The van der Waals surface area contributed by atoms with E-state index in [1.54, 1.807) is 0 Å². The Kier molecular flexibility index (Phi) is 4.17. The average Bonchev–Trinajstić information content (AvgIpc) is 2.95. The van der Waals surface area contributed by atoms with Crippen molar-refractivity contribution in [1.82, 2.24) is 9.61 Å². The van der Waals surface area contributed by atoms with Crippen LogP contribution in [0, 0.1) is 0 Å². The van der Waals surface area contributed by atoms with Gasteiger partial charge in [0.2, 0.25) is 0 Å². The number of anilines is 1. The summed E-state index contributed by atoms with van der Waals surface area (Å²) in [5, 5.41) is 7.84. The van der Waals surface area contributed by atoms with Gasteiger partial charge in [0.1, 0.15) is 0 Å². The molecule has 0 saturated heterocycles. The quantitative estimate of drug-likeness (QED) is 0.751. The van der Waals surface area contributed by atoms with Gasteiger partial charge in [-0.25, -0.2) is 4.52 Å². The monoisotopic (exact) mass is 281 g/mol. The minimum atomic E-state index is 0.633. The smallest absolute Gasteiger partial charge is 0.0736 e. The third-order valence-corrected chi connectivity index (χ3v) is 3.45. The molecule has 108 valence electrons. The molecular formula is C17H19N3O. The van der Waals surface area contributed by atoms with E-state index in [-0.39, 0.29) is 0 Å². The zero-order valence-electron chi connectivity index (χ0n) is 12.1. The second-order valence-electron chi connectivity index (χ2n) is 4.85. The third kappa shape index (κ3) is 3.06. The van der Waals surface area contributed by atoms with E-state index in [0.717, 1.165) is 24.4 Å². The van der Waals surface area contributed by atoms with Gasteiger partial charge in [-0.3, -0.25) is 0 Å². The molecule has 0 aliphatic carbocycles.